The van der Waals surface area contributed by atoms with E-state index in [2.05, 4.69) is 27.3 Å². The minimum atomic E-state index is -3.75. The van der Waals surface area contributed by atoms with Gasteiger partial charge in [-0.2, -0.15) is 0 Å². The van der Waals surface area contributed by atoms with Gasteiger partial charge in [-0.3, -0.25) is 4.72 Å². The molecule has 0 saturated heterocycles. The number of hydrogen-bond acceptors (Lipinski definition) is 3. The van der Waals surface area contributed by atoms with Gasteiger partial charge in [-0.25, -0.2) is 12.8 Å². The maximum atomic E-state index is 13.3. The molecule has 0 heterocycles. The minimum absolute atomic E-state index is 0.0158. The average Bonchev–Trinajstić information content (AvgIpc) is 2.41. The van der Waals surface area contributed by atoms with E-state index in [-0.39, 0.29) is 17.0 Å². The second-order valence-electron chi connectivity index (χ2n) is 4.07. The highest BCUT2D eigenvalue weighted by molar-refractivity contribution is 14.1. The highest BCUT2D eigenvalue weighted by atomic mass is 127. The van der Waals surface area contributed by atoms with Gasteiger partial charge in [-0.05, 0) is 65.1 Å². The number of rotatable bonds is 4. The summed E-state index contributed by atoms with van der Waals surface area (Å²) in [5.74, 6) is -0.513. The van der Waals surface area contributed by atoms with Crippen molar-refractivity contribution < 1.29 is 12.8 Å². The molecule has 0 aliphatic heterocycles. The standard InChI is InChI=1S/C13H12FIN2O2S/c14-13-6-5-12(7-9(13)8-16)20(18,19)17-11-3-1-10(15)2-4-11/h1-7,17H,8,16H2. The number of halogens is 2. The number of benzene rings is 2. The van der Waals surface area contributed by atoms with Crippen molar-refractivity contribution >= 4 is 38.3 Å². The van der Waals surface area contributed by atoms with Crippen LogP contribution in [-0.4, -0.2) is 8.42 Å². The van der Waals surface area contributed by atoms with Gasteiger partial charge in [0.1, 0.15) is 5.82 Å². The van der Waals surface area contributed by atoms with Crippen molar-refractivity contribution in [2.24, 2.45) is 5.73 Å². The highest BCUT2D eigenvalue weighted by Crippen LogP contribution is 2.19. The lowest BCUT2D eigenvalue weighted by Gasteiger charge is -2.09. The van der Waals surface area contributed by atoms with Gasteiger partial charge in [0.2, 0.25) is 0 Å². The zero-order valence-electron chi connectivity index (χ0n) is 10.3. The first-order chi connectivity index (χ1) is 9.42. The van der Waals surface area contributed by atoms with Crippen LogP contribution in [0.25, 0.3) is 0 Å². The van der Waals surface area contributed by atoms with E-state index in [1.807, 2.05) is 0 Å². The summed E-state index contributed by atoms with van der Waals surface area (Å²) in [6.45, 7) is -0.0568. The molecule has 0 spiro atoms. The molecule has 0 aromatic heterocycles. The summed E-state index contributed by atoms with van der Waals surface area (Å²) in [6, 6.07) is 10.4. The molecule has 3 N–H and O–H groups in total. The Morgan fingerprint density at radius 3 is 2.40 bits per heavy atom. The van der Waals surface area contributed by atoms with E-state index < -0.39 is 15.8 Å². The summed E-state index contributed by atoms with van der Waals surface area (Å²) < 4.78 is 41.1. The molecule has 0 amide bonds. The lowest BCUT2D eigenvalue weighted by molar-refractivity contribution is 0.596. The molecule has 2 aromatic carbocycles. The first kappa shape index (κ1) is 15.2. The molecule has 7 heteroatoms. The van der Waals surface area contributed by atoms with Crippen molar-refractivity contribution in [1.29, 1.82) is 0 Å². The van der Waals surface area contributed by atoms with Gasteiger partial charge in [-0.1, -0.05) is 0 Å². The molecule has 106 valence electrons. The molecular formula is C13H12FIN2O2S. The fourth-order valence-electron chi connectivity index (χ4n) is 1.61. The van der Waals surface area contributed by atoms with Crippen LogP contribution in [0.15, 0.2) is 47.4 Å². The number of nitrogens with one attached hydrogen (secondary N) is 1. The van der Waals surface area contributed by atoms with Crippen LogP contribution in [0.2, 0.25) is 0 Å². The molecule has 0 fully saturated rings. The van der Waals surface area contributed by atoms with Gasteiger partial charge >= 0.3 is 0 Å². The molecule has 0 aliphatic carbocycles. The topological polar surface area (TPSA) is 72.2 Å². The van der Waals surface area contributed by atoms with E-state index in [4.69, 9.17) is 5.73 Å². The molecule has 0 radical (unpaired) electrons. The Hall–Kier alpha value is -1.19. The van der Waals surface area contributed by atoms with Crippen molar-refractivity contribution in [2.75, 3.05) is 4.72 Å². The normalized spacial score (nSPS) is 11.3. The molecule has 0 bridgehead atoms. The fourth-order valence-corrected chi connectivity index (χ4v) is 3.08. The van der Waals surface area contributed by atoms with Gasteiger partial charge in [0.25, 0.3) is 10.0 Å². The van der Waals surface area contributed by atoms with Crippen LogP contribution in [0, 0.1) is 9.39 Å². The van der Waals surface area contributed by atoms with E-state index in [9.17, 15) is 12.8 Å². The lowest BCUT2D eigenvalue weighted by atomic mass is 10.2. The Morgan fingerprint density at radius 1 is 1.15 bits per heavy atom. The zero-order chi connectivity index (χ0) is 14.8. The van der Waals surface area contributed by atoms with Gasteiger partial charge in [0.05, 0.1) is 4.90 Å². The van der Waals surface area contributed by atoms with Crippen LogP contribution in [0.5, 0.6) is 0 Å². The number of anilines is 1. The lowest BCUT2D eigenvalue weighted by Crippen LogP contribution is -2.14. The molecule has 2 rings (SSSR count). The van der Waals surface area contributed by atoms with Crippen molar-refractivity contribution in [2.45, 2.75) is 11.4 Å². The quantitative estimate of drug-likeness (QED) is 0.768. The smallest absolute Gasteiger partial charge is 0.261 e. The Labute approximate surface area is 130 Å². The van der Waals surface area contributed by atoms with Crippen LogP contribution >= 0.6 is 22.6 Å². The average molecular weight is 406 g/mol. The van der Waals surface area contributed by atoms with Crippen molar-refractivity contribution in [3.63, 3.8) is 0 Å². The third-order valence-corrected chi connectivity index (χ3v) is 4.74. The summed E-state index contributed by atoms with van der Waals surface area (Å²) in [7, 11) is -3.75. The second-order valence-corrected chi connectivity index (χ2v) is 7.00. The summed E-state index contributed by atoms with van der Waals surface area (Å²) in [5, 5.41) is 0. The molecule has 2 aromatic rings. The molecule has 0 saturated carbocycles. The van der Waals surface area contributed by atoms with E-state index in [0.29, 0.717) is 5.69 Å². The minimum Gasteiger partial charge on any atom is -0.326 e. The summed E-state index contributed by atoms with van der Waals surface area (Å²) in [6.07, 6.45) is 0. The fraction of sp³-hybridized carbons (Fsp3) is 0.0769. The van der Waals surface area contributed by atoms with Crippen LogP contribution in [-0.2, 0) is 16.6 Å². The SMILES string of the molecule is NCc1cc(S(=O)(=O)Nc2ccc(I)cc2)ccc1F. The second kappa shape index (κ2) is 6.06. The van der Waals surface area contributed by atoms with E-state index in [1.54, 1.807) is 24.3 Å². The van der Waals surface area contributed by atoms with Crippen LogP contribution in [0.1, 0.15) is 5.56 Å². The molecule has 0 aliphatic rings. The monoisotopic (exact) mass is 406 g/mol. The predicted octanol–water partition coefficient (Wildman–Crippen LogP) is 2.69. The summed E-state index contributed by atoms with van der Waals surface area (Å²) in [4.78, 5) is -0.0158. The third-order valence-electron chi connectivity index (χ3n) is 2.64. The van der Waals surface area contributed by atoms with Crippen molar-refractivity contribution in [3.05, 3.63) is 57.4 Å². The van der Waals surface area contributed by atoms with Crippen molar-refractivity contribution in [3.8, 4) is 0 Å². The maximum Gasteiger partial charge on any atom is 0.261 e. The largest absolute Gasteiger partial charge is 0.326 e. The summed E-state index contributed by atoms with van der Waals surface area (Å²) in [5.41, 5.74) is 5.99. The van der Waals surface area contributed by atoms with Gasteiger partial charge in [0.15, 0.2) is 0 Å². The first-order valence-electron chi connectivity index (χ1n) is 5.69. The molecule has 20 heavy (non-hydrogen) atoms. The number of hydrogen-bond donors (Lipinski definition) is 2. The molecule has 0 unspecified atom stereocenters. The Balaban J connectivity index is 2.33. The molecular weight excluding hydrogens is 394 g/mol. The predicted molar refractivity (Wildman–Crippen MR) is 84.3 cm³/mol. The number of sulfonamides is 1. The van der Waals surface area contributed by atoms with E-state index in [1.165, 1.54) is 12.1 Å². The third kappa shape index (κ3) is 3.47. The Morgan fingerprint density at radius 2 is 1.80 bits per heavy atom. The Kier molecular flexibility index (Phi) is 4.61. The van der Waals surface area contributed by atoms with Gasteiger partial charge in [0, 0.05) is 21.4 Å². The summed E-state index contributed by atoms with van der Waals surface area (Å²) >= 11 is 2.13. The first-order valence-corrected chi connectivity index (χ1v) is 8.25. The Bertz CT molecular complexity index is 718. The molecule has 0 atom stereocenters. The van der Waals surface area contributed by atoms with Crippen LogP contribution in [0.4, 0.5) is 10.1 Å². The maximum absolute atomic E-state index is 13.3. The van der Waals surface area contributed by atoms with Gasteiger partial charge < -0.3 is 5.73 Å². The highest BCUT2D eigenvalue weighted by Gasteiger charge is 2.16. The molecule has 4 nitrogen and oxygen atoms in total. The van der Waals surface area contributed by atoms with Crippen molar-refractivity contribution in [1.82, 2.24) is 0 Å². The van der Waals surface area contributed by atoms with Crippen LogP contribution in [0.3, 0.4) is 0 Å². The zero-order valence-corrected chi connectivity index (χ0v) is 13.3. The van der Waals surface area contributed by atoms with E-state index >= 15 is 0 Å². The van der Waals surface area contributed by atoms with Gasteiger partial charge in [-0.15, -0.1) is 0 Å². The van der Waals surface area contributed by atoms with Crippen LogP contribution < -0.4 is 10.5 Å². The van der Waals surface area contributed by atoms with E-state index in [0.717, 1.165) is 9.64 Å². The number of nitrogens with two attached hydrogens (primary N) is 1.